The van der Waals surface area contributed by atoms with Gasteiger partial charge in [0.25, 0.3) is 0 Å². The van der Waals surface area contributed by atoms with Crippen molar-refractivity contribution < 1.29 is 18.0 Å². The van der Waals surface area contributed by atoms with E-state index in [2.05, 4.69) is 30.8 Å². The summed E-state index contributed by atoms with van der Waals surface area (Å²) in [7, 11) is 3.88. The van der Waals surface area contributed by atoms with Gasteiger partial charge in [-0.25, -0.2) is 14.8 Å². The van der Waals surface area contributed by atoms with Crippen LogP contribution in [0.5, 0.6) is 0 Å². The zero-order valence-corrected chi connectivity index (χ0v) is 19.8. The summed E-state index contributed by atoms with van der Waals surface area (Å²) in [6, 6.07) is 10.5. The number of urea groups is 1. The molecule has 0 fully saturated rings. The van der Waals surface area contributed by atoms with Crippen LogP contribution in [-0.4, -0.2) is 56.6 Å². The van der Waals surface area contributed by atoms with Crippen LogP contribution in [-0.2, 0) is 18.3 Å². The Hall–Kier alpha value is -3.67. The van der Waals surface area contributed by atoms with Crippen LogP contribution in [0, 0.1) is 0 Å². The lowest BCUT2D eigenvalue weighted by Gasteiger charge is -2.34. The highest BCUT2D eigenvalue weighted by Gasteiger charge is 2.44. The van der Waals surface area contributed by atoms with Crippen LogP contribution in [0.25, 0.3) is 0 Å². The molecule has 0 aliphatic carbocycles. The fraction of sp³-hybridized carbons (Fsp3) is 0.391. The number of halogens is 3. The van der Waals surface area contributed by atoms with Gasteiger partial charge >= 0.3 is 12.2 Å². The Morgan fingerprint density at radius 3 is 2.60 bits per heavy atom. The highest BCUT2D eigenvalue weighted by molar-refractivity contribution is 5.78. The third kappa shape index (κ3) is 5.06. The lowest BCUT2D eigenvalue weighted by molar-refractivity contribution is -0.144. The van der Waals surface area contributed by atoms with E-state index in [1.165, 1.54) is 6.07 Å². The highest BCUT2D eigenvalue weighted by atomic mass is 19.4. The van der Waals surface area contributed by atoms with E-state index in [0.29, 0.717) is 23.6 Å². The predicted octanol–water partition coefficient (Wildman–Crippen LogP) is 4.03. The number of carbonyl (C=O) groups is 1. The van der Waals surface area contributed by atoms with E-state index >= 15 is 0 Å². The molecule has 3 N–H and O–H groups in total. The summed E-state index contributed by atoms with van der Waals surface area (Å²) in [4.78, 5) is 23.9. The number of nitrogens with one attached hydrogen (secondary N) is 3. The number of amides is 2. The van der Waals surface area contributed by atoms with Crippen molar-refractivity contribution in [3.63, 3.8) is 0 Å². The Kier molecular flexibility index (Phi) is 6.41. The molecule has 4 rings (SSSR count). The van der Waals surface area contributed by atoms with Gasteiger partial charge in [-0.2, -0.15) is 18.3 Å². The number of carbonyl (C=O) groups excluding carboxylic acids is 1. The molecule has 2 amide bonds. The normalized spacial score (nSPS) is 15.7. The second-order valence-corrected chi connectivity index (χ2v) is 9.13. The molecule has 35 heavy (non-hydrogen) atoms. The van der Waals surface area contributed by atoms with Crippen LogP contribution in [0.4, 0.5) is 29.6 Å². The topological polar surface area (TPSA) is 102 Å². The Morgan fingerprint density at radius 2 is 1.94 bits per heavy atom. The number of hydrogen-bond donors (Lipinski definition) is 3. The number of nitrogens with zero attached hydrogens (tertiary/aromatic N) is 5. The smallest absolute Gasteiger partial charge is 0.330 e. The maximum atomic E-state index is 13.4. The Balaban J connectivity index is 1.55. The van der Waals surface area contributed by atoms with E-state index in [-0.39, 0.29) is 24.4 Å². The van der Waals surface area contributed by atoms with Crippen LogP contribution < -0.4 is 10.6 Å². The number of rotatable bonds is 6. The van der Waals surface area contributed by atoms with Gasteiger partial charge in [0.15, 0.2) is 5.82 Å². The van der Waals surface area contributed by atoms with E-state index < -0.39 is 17.5 Å². The number of aromatic nitrogens is 4. The number of anilines is 2. The minimum absolute atomic E-state index is 0.0440. The van der Waals surface area contributed by atoms with Crippen molar-refractivity contribution in [2.24, 2.45) is 0 Å². The lowest BCUT2D eigenvalue weighted by atomic mass is 10.0. The first-order valence-electron chi connectivity index (χ1n) is 11.0. The van der Waals surface area contributed by atoms with Crippen molar-refractivity contribution in [3.8, 4) is 0 Å². The fourth-order valence-electron chi connectivity index (χ4n) is 4.14. The maximum absolute atomic E-state index is 13.4. The number of H-pyrrole nitrogens is 1. The molecule has 1 atom stereocenters. The van der Waals surface area contributed by atoms with E-state index in [9.17, 15) is 18.0 Å². The number of aromatic amines is 1. The van der Waals surface area contributed by atoms with Crippen molar-refractivity contribution in [2.45, 2.75) is 38.1 Å². The van der Waals surface area contributed by atoms with Crippen LogP contribution in [0.15, 0.2) is 42.6 Å². The van der Waals surface area contributed by atoms with Gasteiger partial charge in [-0.05, 0) is 39.6 Å². The molecule has 0 spiro atoms. The number of likely N-dealkylation sites (N-methyl/N-ethyl adjacent to an activating group) is 1. The summed E-state index contributed by atoms with van der Waals surface area (Å²) in [5, 5.41) is 13.1. The van der Waals surface area contributed by atoms with E-state index in [1.807, 2.05) is 63.2 Å². The average Bonchev–Trinajstić information content (AvgIpc) is 3.31. The highest BCUT2D eigenvalue weighted by Crippen LogP contribution is 2.41. The molecule has 0 saturated carbocycles. The first-order chi connectivity index (χ1) is 16.5. The molecule has 1 aromatic carbocycles. The van der Waals surface area contributed by atoms with Gasteiger partial charge < -0.3 is 20.4 Å². The van der Waals surface area contributed by atoms with Crippen LogP contribution in [0.3, 0.4) is 0 Å². The standard InChI is InChI=1S/C23H27F3N8O/c1-22(2)18-15(19(32-31-18)29-17-10-11-27-20(30-17)23(24,25)26)12-34(22)21(35)28-16(13-33(3)4)14-8-6-5-7-9-14/h5-11,16H,12-13H2,1-4H3,(H,28,35)(H2,27,29,30,31,32)/t16-/m1/s1. The number of fused-ring (bicyclic) bond motifs is 1. The molecule has 186 valence electrons. The van der Waals surface area contributed by atoms with Gasteiger partial charge in [-0.15, -0.1) is 0 Å². The van der Waals surface area contributed by atoms with Crippen LogP contribution in [0.1, 0.15) is 42.5 Å². The van der Waals surface area contributed by atoms with Crippen molar-refractivity contribution >= 4 is 17.7 Å². The van der Waals surface area contributed by atoms with Gasteiger partial charge in [-0.3, -0.25) is 5.10 Å². The summed E-state index contributed by atoms with van der Waals surface area (Å²) in [5.41, 5.74) is 1.64. The van der Waals surface area contributed by atoms with Crippen LogP contribution >= 0.6 is 0 Å². The third-order valence-electron chi connectivity index (χ3n) is 5.92. The Morgan fingerprint density at radius 1 is 1.23 bits per heavy atom. The van der Waals surface area contributed by atoms with Gasteiger partial charge in [0.2, 0.25) is 5.82 Å². The van der Waals surface area contributed by atoms with Gasteiger partial charge in [-0.1, -0.05) is 30.3 Å². The van der Waals surface area contributed by atoms with Crippen molar-refractivity contribution in [1.82, 2.24) is 35.3 Å². The lowest BCUT2D eigenvalue weighted by Crippen LogP contribution is -2.48. The SMILES string of the molecule is CN(C)C[C@@H](NC(=O)N1Cc2c(Nc3ccnc(C(F)(F)F)n3)n[nH]c2C1(C)C)c1ccccc1. The van der Waals surface area contributed by atoms with Crippen LogP contribution in [0.2, 0.25) is 0 Å². The third-order valence-corrected chi connectivity index (χ3v) is 5.92. The van der Waals surface area contributed by atoms with Crippen molar-refractivity contribution in [2.75, 3.05) is 26.0 Å². The molecule has 1 aliphatic rings. The van der Waals surface area contributed by atoms with E-state index in [0.717, 1.165) is 11.8 Å². The largest absolute Gasteiger partial charge is 0.451 e. The number of alkyl halides is 3. The fourth-order valence-corrected chi connectivity index (χ4v) is 4.14. The summed E-state index contributed by atoms with van der Waals surface area (Å²) >= 11 is 0. The van der Waals surface area contributed by atoms with Gasteiger partial charge in [0.1, 0.15) is 5.82 Å². The van der Waals surface area contributed by atoms with Gasteiger partial charge in [0, 0.05) is 18.3 Å². The molecule has 1 aliphatic heterocycles. The molecule has 0 bridgehead atoms. The maximum Gasteiger partial charge on any atom is 0.451 e. The number of benzene rings is 1. The average molecular weight is 489 g/mol. The molecule has 0 unspecified atom stereocenters. The molecule has 0 radical (unpaired) electrons. The van der Waals surface area contributed by atoms with Gasteiger partial charge in [0.05, 0.1) is 23.8 Å². The summed E-state index contributed by atoms with van der Waals surface area (Å²) in [6.07, 6.45) is -3.63. The second-order valence-electron chi connectivity index (χ2n) is 9.13. The van der Waals surface area contributed by atoms with Crippen molar-refractivity contribution in [1.29, 1.82) is 0 Å². The number of hydrogen-bond acceptors (Lipinski definition) is 6. The second kappa shape index (κ2) is 9.17. The molecular formula is C23H27F3N8O. The minimum Gasteiger partial charge on any atom is -0.330 e. The quantitative estimate of drug-likeness (QED) is 0.484. The monoisotopic (exact) mass is 488 g/mol. The Labute approximate surface area is 200 Å². The zero-order chi connectivity index (χ0) is 25.4. The molecule has 9 nitrogen and oxygen atoms in total. The van der Waals surface area contributed by atoms with E-state index in [4.69, 9.17) is 0 Å². The molecule has 3 heterocycles. The summed E-state index contributed by atoms with van der Waals surface area (Å²) < 4.78 is 39.0. The molecule has 12 heteroatoms. The zero-order valence-electron chi connectivity index (χ0n) is 19.8. The molecule has 2 aromatic heterocycles. The molecule has 0 saturated heterocycles. The first kappa shape index (κ1) is 24.5. The van der Waals surface area contributed by atoms with E-state index in [1.54, 1.807) is 4.90 Å². The minimum atomic E-state index is -4.66. The molecule has 3 aromatic rings. The van der Waals surface area contributed by atoms with Crippen molar-refractivity contribution in [3.05, 3.63) is 65.2 Å². The molecular weight excluding hydrogens is 461 g/mol. The summed E-state index contributed by atoms with van der Waals surface area (Å²) in [5.74, 6) is -0.982. The Bertz CT molecular complexity index is 1190. The summed E-state index contributed by atoms with van der Waals surface area (Å²) in [6.45, 7) is 4.60. The first-order valence-corrected chi connectivity index (χ1v) is 11.0. The predicted molar refractivity (Wildman–Crippen MR) is 124 cm³/mol.